The van der Waals surface area contributed by atoms with Crippen LogP contribution in [0.4, 0.5) is 17.1 Å². The Balaban J connectivity index is 1.11. The SMILES string of the molecule is CC1(C)c2ccccc2-c2ccc(-c3ccc(N(c4cccc(-c5ccc6ccccc6c5)c4)c4cccc5sc6ccccc6c45)cc3)cc21. The summed E-state index contributed by atoms with van der Waals surface area (Å²) in [5.74, 6) is 0. The summed E-state index contributed by atoms with van der Waals surface area (Å²) in [4.78, 5) is 2.44. The minimum atomic E-state index is -0.0310. The minimum absolute atomic E-state index is 0.0310. The van der Waals surface area contributed by atoms with Crippen molar-refractivity contribution in [3.8, 4) is 33.4 Å². The zero-order valence-corrected chi connectivity index (χ0v) is 29.4. The summed E-state index contributed by atoms with van der Waals surface area (Å²) in [6.45, 7) is 4.70. The van der Waals surface area contributed by atoms with Gasteiger partial charge < -0.3 is 4.90 Å². The third-order valence-corrected chi connectivity index (χ3v) is 12.0. The third kappa shape index (κ3) is 4.82. The molecule has 1 aliphatic carbocycles. The highest BCUT2D eigenvalue weighted by atomic mass is 32.1. The fourth-order valence-electron chi connectivity index (χ4n) is 8.25. The summed E-state index contributed by atoms with van der Waals surface area (Å²) in [7, 11) is 0. The molecule has 51 heavy (non-hydrogen) atoms. The van der Waals surface area contributed by atoms with E-state index in [1.165, 1.54) is 81.1 Å². The Morgan fingerprint density at radius 2 is 1.10 bits per heavy atom. The minimum Gasteiger partial charge on any atom is -0.310 e. The molecule has 0 aliphatic heterocycles. The second-order valence-corrected chi connectivity index (χ2v) is 15.3. The van der Waals surface area contributed by atoms with Gasteiger partial charge in [-0.05, 0) is 110 Å². The number of benzene rings is 8. The first-order valence-electron chi connectivity index (χ1n) is 17.7. The molecule has 1 nitrogen and oxygen atoms in total. The average Bonchev–Trinajstić information content (AvgIpc) is 3.67. The van der Waals surface area contributed by atoms with E-state index in [2.05, 4.69) is 195 Å². The molecule has 2 heteroatoms. The van der Waals surface area contributed by atoms with Crippen LogP contribution in [0.3, 0.4) is 0 Å². The molecule has 242 valence electrons. The van der Waals surface area contributed by atoms with E-state index in [4.69, 9.17) is 0 Å². The Labute approximate surface area is 302 Å². The molecule has 1 aliphatic rings. The van der Waals surface area contributed by atoms with Crippen molar-refractivity contribution < 1.29 is 0 Å². The maximum Gasteiger partial charge on any atom is 0.0554 e. The van der Waals surface area contributed by atoms with Crippen LogP contribution in [0.5, 0.6) is 0 Å². The van der Waals surface area contributed by atoms with Crippen LogP contribution in [0.2, 0.25) is 0 Å². The summed E-state index contributed by atoms with van der Waals surface area (Å²) < 4.78 is 2.60. The maximum atomic E-state index is 2.44. The van der Waals surface area contributed by atoms with Crippen LogP contribution in [-0.2, 0) is 5.41 Å². The molecule has 0 fully saturated rings. The molecule has 0 amide bonds. The Hall–Kier alpha value is -5.96. The third-order valence-electron chi connectivity index (χ3n) is 10.9. The molecule has 0 saturated carbocycles. The highest BCUT2D eigenvalue weighted by Gasteiger charge is 2.35. The van der Waals surface area contributed by atoms with Crippen LogP contribution < -0.4 is 4.90 Å². The van der Waals surface area contributed by atoms with Crippen LogP contribution in [0.25, 0.3) is 64.3 Å². The lowest BCUT2D eigenvalue weighted by atomic mass is 9.81. The molecule has 0 bridgehead atoms. The van der Waals surface area contributed by atoms with Gasteiger partial charge in [0.2, 0.25) is 0 Å². The molecule has 10 rings (SSSR count). The first-order valence-corrected chi connectivity index (χ1v) is 18.5. The van der Waals surface area contributed by atoms with Crippen molar-refractivity contribution >= 4 is 59.3 Å². The lowest BCUT2D eigenvalue weighted by molar-refractivity contribution is 0.660. The van der Waals surface area contributed by atoms with Crippen molar-refractivity contribution in [3.63, 3.8) is 0 Å². The molecule has 8 aromatic carbocycles. The Kier molecular flexibility index (Phi) is 6.78. The normalized spacial score (nSPS) is 13.1. The second-order valence-electron chi connectivity index (χ2n) is 14.2. The molecule has 9 aromatic rings. The monoisotopic (exact) mass is 669 g/mol. The summed E-state index contributed by atoms with van der Waals surface area (Å²) in [5.41, 5.74) is 13.8. The van der Waals surface area contributed by atoms with Gasteiger partial charge in [-0.1, -0.05) is 135 Å². The van der Waals surface area contributed by atoms with Gasteiger partial charge in [-0.25, -0.2) is 0 Å². The van der Waals surface area contributed by atoms with Crippen molar-refractivity contribution in [2.24, 2.45) is 0 Å². The number of hydrogen-bond donors (Lipinski definition) is 0. The smallest absolute Gasteiger partial charge is 0.0554 e. The average molecular weight is 670 g/mol. The number of anilines is 3. The fourth-order valence-corrected chi connectivity index (χ4v) is 9.38. The van der Waals surface area contributed by atoms with Gasteiger partial charge in [0, 0.05) is 37.0 Å². The lowest BCUT2D eigenvalue weighted by Crippen LogP contribution is -2.14. The van der Waals surface area contributed by atoms with Gasteiger partial charge in [-0.3, -0.25) is 0 Å². The zero-order valence-electron chi connectivity index (χ0n) is 28.6. The van der Waals surface area contributed by atoms with Gasteiger partial charge in [-0.15, -0.1) is 11.3 Å². The van der Waals surface area contributed by atoms with Gasteiger partial charge in [0.05, 0.1) is 5.69 Å². The molecule has 0 unspecified atom stereocenters. The second kappa shape index (κ2) is 11.6. The van der Waals surface area contributed by atoms with Crippen molar-refractivity contribution in [1.82, 2.24) is 0 Å². The predicted molar refractivity (Wildman–Crippen MR) is 220 cm³/mol. The first kappa shape index (κ1) is 29.9. The van der Waals surface area contributed by atoms with Crippen molar-refractivity contribution in [2.45, 2.75) is 19.3 Å². The van der Waals surface area contributed by atoms with E-state index in [0.29, 0.717) is 0 Å². The van der Waals surface area contributed by atoms with Gasteiger partial charge in [0.25, 0.3) is 0 Å². The van der Waals surface area contributed by atoms with E-state index < -0.39 is 0 Å². The van der Waals surface area contributed by atoms with Crippen molar-refractivity contribution in [2.75, 3.05) is 4.90 Å². The van der Waals surface area contributed by atoms with Crippen LogP contribution in [0.15, 0.2) is 176 Å². The quantitative estimate of drug-likeness (QED) is 0.176. The van der Waals surface area contributed by atoms with Gasteiger partial charge in [0.15, 0.2) is 0 Å². The highest BCUT2D eigenvalue weighted by Crippen LogP contribution is 2.50. The van der Waals surface area contributed by atoms with E-state index in [1.807, 2.05) is 11.3 Å². The molecule has 0 spiro atoms. The molecule has 1 heterocycles. The Morgan fingerprint density at radius 3 is 2.00 bits per heavy atom. The topological polar surface area (TPSA) is 3.24 Å². The first-order chi connectivity index (χ1) is 25.0. The van der Waals surface area contributed by atoms with Gasteiger partial charge in [0.1, 0.15) is 0 Å². The van der Waals surface area contributed by atoms with E-state index in [1.54, 1.807) is 0 Å². The number of rotatable bonds is 5. The Morgan fingerprint density at radius 1 is 0.431 bits per heavy atom. The van der Waals surface area contributed by atoms with Gasteiger partial charge in [-0.2, -0.15) is 0 Å². The summed E-state index contributed by atoms with van der Waals surface area (Å²) >= 11 is 1.86. The maximum absolute atomic E-state index is 2.44. The molecule has 0 N–H and O–H groups in total. The summed E-state index contributed by atoms with van der Waals surface area (Å²) in [6.07, 6.45) is 0. The van der Waals surface area contributed by atoms with E-state index in [9.17, 15) is 0 Å². The molecular weight excluding hydrogens is 635 g/mol. The summed E-state index contributed by atoms with van der Waals surface area (Å²) in [5, 5.41) is 5.09. The van der Waals surface area contributed by atoms with Crippen molar-refractivity contribution in [3.05, 3.63) is 187 Å². The van der Waals surface area contributed by atoms with E-state index >= 15 is 0 Å². The summed E-state index contributed by atoms with van der Waals surface area (Å²) in [6, 6.07) is 64.9. The molecular formula is C49H35NS. The molecule has 0 saturated heterocycles. The lowest BCUT2D eigenvalue weighted by Gasteiger charge is -2.27. The predicted octanol–water partition coefficient (Wildman–Crippen LogP) is 14.3. The van der Waals surface area contributed by atoms with E-state index in [0.717, 1.165) is 11.4 Å². The molecule has 0 radical (unpaired) electrons. The molecule has 1 aromatic heterocycles. The van der Waals surface area contributed by atoms with Crippen molar-refractivity contribution in [1.29, 1.82) is 0 Å². The van der Waals surface area contributed by atoms with Gasteiger partial charge >= 0.3 is 0 Å². The van der Waals surface area contributed by atoms with Crippen LogP contribution in [-0.4, -0.2) is 0 Å². The standard InChI is InChI=1S/C49H35NS/c1-49(2)43-17-7-5-15-40(43)41-28-25-37(31-44(41)49)33-23-26-38(27-24-33)50(45-18-10-20-47-48(45)42-16-6-8-19-46(42)51-47)39-14-9-13-35(30-39)36-22-21-32-11-3-4-12-34(32)29-36/h3-31H,1-2H3. The number of hydrogen-bond acceptors (Lipinski definition) is 2. The highest BCUT2D eigenvalue weighted by molar-refractivity contribution is 7.26. The molecule has 0 atom stereocenters. The largest absolute Gasteiger partial charge is 0.310 e. The van der Waals surface area contributed by atoms with E-state index in [-0.39, 0.29) is 5.41 Å². The van der Waals surface area contributed by atoms with Crippen LogP contribution in [0, 0.1) is 0 Å². The number of thiophene rings is 1. The number of fused-ring (bicyclic) bond motifs is 7. The van der Waals surface area contributed by atoms with Crippen LogP contribution in [0.1, 0.15) is 25.0 Å². The number of nitrogens with zero attached hydrogens (tertiary/aromatic N) is 1. The zero-order chi connectivity index (χ0) is 34.1. The van der Waals surface area contributed by atoms with Crippen LogP contribution >= 0.6 is 11.3 Å². The Bertz CT molecular complexity index is 2780. The fraction of sp³-hybridized carbons (Fsp3) is 0.0612.